The molecule has 0 aliphatic rings. The van der Waals surface area contributed by atoms with Gasteiger partial charge in [0.2, 0.25) is 6.54 Å². The third-order valence-electron chi connectivity index (χ3n) is 4.92. The van der Waals surface area contributed by atoms with Crippen molar-refractivity contribution < 1.29 is 4.92 Å². The number of fused-ring (bicyclic) bond motifs is 1. The van der Waals surface area contributed by atoms with Crippen molar-refractivity contribution in [2.75, 3.05) is 6.54 Å². The summed E-state index contributed by atoms with van der Waals surface area (Å²) in [5.74, 6) is -0.275. The molecule has 4 heteroatoms. The van der Waals surface area contributed by atoms with Crippen molar-refractivity contribution in [3.8, 4) is 0 Å². The van der Waals surface area contributed by atoms with Gasteiger partial charge in [0.15, 0.2) is 0 Å². The molecule has 0 radical (unpaired) electrons. The Morgan fingerprint density at radius 1 is 0.852 bits per heavy atom. The van der Waals surface area contributed by atoms with Crippen LogP contribution < -0.4 is 0 Å². The fourth-order valence-electron chi connectivity index (χ4n) is 3.68. The molecular formula is C23H20N2O2. The number of benzene rings is 3. The minimum Gasteiger partial charge on any atom is -0.343 e. The van der Waals surface area contributed by atoms with E-state index in [1.54, 1.807) is 0 Å². The van der Waals surface area contributed by atoms with E-state index in [9.17, 15) is 10.1 Å². The van der Waals surface area contributed by atoms with Crippen LogP contribution in [0.2, 0.25) is 0 Å². The van der Waals surface area contributed by atoms with Crippen LogP contribution in [0.1, 0.15) is 22.6 Å². The zero-order valence-electron chi connectivity index (χ0n) is 14.9. The van der Waals surface area contributed by atoms with E-state index in [0.29, 0.717) is 0 Å². The van der Waals surface area contributed by atoms with Crippen LogP contribution in [0.4, 0.5) is 0 Å². The van der Waals surface area contributed by atoms with Crippen molar-refractivity contribution in [1.82, 2.24) is 4.57 Å². The lowest BCUT2D eigenvalue weighted by molar-refractivity contribution is -0.481. The number of hydrogen-bond acceptors (Lipinski definition) is 2. The van der Waals surface area contributed by atoms with Gasteiger partial charge in [-0.05, 0) is 22.8 Å². The number of hydrogen-bond donors (Lipinski definition) is 0. The van der Waals surface area contributed by atoms with Gasteiger partial charge < -0.3 is 4.57 Å². The van der Waals surface area contributed by atoms with Crippen molar-refractivity contribution in [1.29, 1.82) is 0 Å². The summed E-state index contributed by atoms with van der Waals surface area (Å²) in [6, 6.07) is 28.1. The van der Waals surface area contributed by atoms with Crippen LogP contribution >= 0.6 is 0 Å². The molecule has 4 nitrogen and oxygen atoms in total. The summed E-state index contributed by atoms with van der Waals surface area (Å²) in [5.41, 5.74) is 4.28. The summed E-state index contributed by atoms with van der Waals surface area (Å²) < 4.78 is 2.19. The van der Waals surface area contributed by atoms with Gasteiger partial charge in [-0.25, -0.2) is 0 Å². The normalized spacial score (nSPS) is 12.1. The molecule has 0 saturated carbocycles. The molecule has 1 aromatic heterocycles. The van der Waals surface area contributed by atoms with Crippen LogP contribution in [0.5, 0.6) is 0 Å². The smallest absolute Gasteiger partial charge is 0.214 e. The largest absolute Gasteiger partial charge is 0.343 e. The predicted molar refractivity (Wildman–Crippen MR) is 108 cm³/mol. The summed E-state index contributed by atoms with van der Waals surface area (Å²) in [6.07, 6.45) is 2.08. The van der Waals surface area contributed by atoms with E-state index < -0.39 is 0 Å². The monoisotopic (exact) mass is 356 g/mol. The van der Waals surface area contributed by atoms with Crippen LogP contribution in [-0.2, 0) is 6.54 Å². The predicted octanol–water partition coefficient (Wildman–Crippen LogP) is 5.10. The van der Waals surface area contributed by atoms with Crippen molar-refractivity contribution in [2.45, 2.75) is 12.5 Å². The molecule has 3 aromatic carbocycles. The summed E-state index contributed by atoms with van der Waals surface area (Å²) in [4.78, 5) is 11.2. The second-order valence-corrected chi connectivity index (χ2v) is 6.69. The SMILES string of the molecule is O=[N+]([O-])CC(c1ccccc1)c1cn(Cc2ccccc2)c2ccccc12. The van der Waals surface area contributed by atoms with Gasteiger partial charge >= 0.3 is 0 Å². The first kappa shape index (κ1) is 17.0. The van der Waals surface area contributed by atoms with E-state index in [1.165, 1.54) is 5.56 Å². The Bertz CT molecular complexity index is 1060. The van der Waals surface area contributed by atoms with Crippen LogP contribution in [0, 0.1) is 10.1 Å². The topological polar surface area (TPSA) is 48.1 Å². The van der Waals surface area contributed by atoms with Crippen LogP contribution in [0.25, 0.3) is 10.9 Å². The molecule has 0 bridgehead atoms. The molecule has 0 fully saturated rings. The second-order valence-electron chi connectivity index (χ2n) is 6.69. The fourth-order valence-corrected chi connectivity index (χ4v) is 3.68. The summed E-state index contributed by atoms with van der Waals surface area (Å²) in [7, 11) is 0. The quantitative estimate of drug-likeness (QED) is 0.356. The Balaban J connectivity index is 1.83. The molecule has 1 unspecified atom stereocenters. The summed E-state index contributed by atoms with van der Waals surface area (Å²) >= 11 is 0. The van der Waals surface area contributed by atoms with E-state index in [4.69, 9.17) is 0 Å². The Morgan fingerprint density at radius 2 is 1.48 bits per heavy atom. The average Bonchev–Trinajstić information content (AvgIpc) is 3.06. The zero-order chi connectivity index (χ0) is 18.6. The fraction of sp³-hybridized carbons (Fsp3) is 0.130. The first-order chi connectivity index (χ1) is 13.2. The first-order valence-corrected chi connectivity index (χ1v) is 9.01. The van der Waals surface area contributed by atoms with E-state index in [1.807, 2.05) is 60.7 Å². The molecule has 1 heterocycles. The maximum absolute atomic E-state index is 11.4. The minimum absolute atomic E-state index is 0.122. The van der Waals surface area contributed by atoms with Crippen molar-refractivity contribution >= 4 is 10.9 Å². The standard InChI is InChI=1S/C23H20N2O2/c26-25(27)17-21(19-11-5-2-6-12-19)22-16-24(15-18-9-3-1-4-10-18)23-14-8-7-13-20(22)23/h1-14,16,21H,15,17H2. The lowest BCUT2D eigenvalue weighted by Crippen LogP contribution is -2.13. The highest BCUT2D eigenvalue weighted by molar-refractivity contribution is 5.85. The van der Waals surface area contributed by atoms with E-state index in [0.717, 1.165) is 28.6 Å². The molecule has 0 aliphatic heterocycles. The number of nitro groups is 1. The van der Waals surface area contributed by atoms with Gasteiger partial charge in [-0.1, -0.05) is 78.9 Å². The second kappa shape index (κ2) is 7.46. The molecule has 0 amide bonds. The lowest BCUT2D eigenvalue weighted by Gasteiger charge is -2.12. The third-order valence-corrected chi connectivity index (χ3v) is 4.92. The molecule has 0 spiro atoms. The minimum atomic E-state index is -0.275. The van der Waals surface area contributed by atoms with Crippen LogP contribution in [0.3, 0.4) is 0 Å². The van der Waals surface area contributed by atoms with Crippen LogP contribution in [0.15, 0.2) is 91.1 Å². The van der Waals surface area contributed by atoms with Crippen molar-refractivity contribution in [3.05, 3.63) is 118 Å². The summed E-state index contributed by atoms with van der Waals surface area (Å²) in [6.45, 7) is 0.616. The molecule has 0 aliphatic carbocycles. The van der Waals surface area contributed by atoms with Crippen molar-refractivity contribution in [2.24, 2.45) is 0 Å². The Labute approximate surface area is 157 Å². The van der Waals surface area contributed by atoms with Gasteiger partial charge in [0, 0.05) is 28.6 Å². The molecule has 1 atom stereocenters. The van der Waals surface area contributed by atoms with Gasteiger partial charge in [0.25, 0.3) is 0 Å². The van der Waals surface area contributed by atoms with Gasteiger partial charge in [-0.15, -0.1) is 0 Å². The molecule has 0 N–H and O–H groups in total. The Hall–Kier alpha value is -3.40. The molecule has 4 aromatic rings. The highest BCUT2D eigenvalue weighted by Crippen LogP contribution is 2.33. The molecule has 27 heavy (non-hydrogen) atoms. The van der Waals surface area contributed by atoms with Crippen LogP contribution in [-0.4, -0.2) is 16.0 Å². The van der Waals surface area contributed by atoms with Gasteiger partial charge in [0.05, 0.1) is 5.92 Å². The lowest BCUT2D eigenvalue weighted by atomic mass is 9.91. The highest BCUT2D eigenvalue weighted by atomic mass is 16.6. The number of aromatic nitrogens is 1. The Kier molecular flexibility index (Phi) is 4.71. The number of para-hydroxylation sites is 1. The van der Waals surface area contributed by atoms with Gasteiger partial charge in [-0.2, -0.15) is 0 Å². The highest BCUT2D eigenvalue weighted by Gasteiger charge is 2.24. The van der Waals surface area contributed by atoms with Gasteiger partial charge in [-0.3, -0.25) is 10.1 Å². The maximum atomic E-state index is 11.4. The maximum Gasteiger partial charge on any atom is 0.214 e. The van der Waals surface area contributed by atoms with Crippen molar-refractivity contribution in [3.63, 3.8) is 0 Å². The number of rotatable bonds is 6. The summed E-state index contributed by atoms with van der Waals surface area (Å²) in [5, 5.41) is 12.5. The Morgan fingerprint density at radius 3 is 2.19 bits per heavy atom. The van der Waals surface area contributed by atoms with E-state index in [-0.39, 0.29) is 17.4 Å². The first-order valence-electron chi connectivity index (χ1n) is 9.01. The van der Waals surface area contributed by atoms with E-state index >= 15 is 0 Å². The average molecular weight is 356 g/mol. The molecule has 4 rings (SSSR count). The molecule has 134 valence electrons. The third kappa shape index (κ3) is 3.60. The zero-order valence-corrected chi connectivity index (χ0v) is 14.9. The van der Waals surface area contributed by atoms with E-state index in [2.05, 4.69) is 35.0 Å². The molecular weight excluding hydrogens is 336 g/mol. The molecule has 0 saturated heterocycles. The number of nitrogens with zero attached hydrogens (tertiary/aromatic N) is 2. The van der Waals surface area contributed by atoms with Gasteiger partial charge in [0.1, 0.15) is 0 Å².